The van der Waals surface area contributed by atoms with Crippen LogP contribution in [0.2, 0.25) is 0 Å². The first-order chi connectivity index (χ1) is 12.2. The average Bonchev–Trinajstić information content (AvgIpc) is 2.65. The number of carbonyl (C=O) groups excluding carboxylic acids is 1. The summed E-state index contributed by atoms with van der Waals surface area (Å²) in [5.74, 6) is 0.584. The van der Waals surface area contributed by atoms with Crippen LogP contribution >= 0.6 is 0 Å². The van der Waals surface area contributed by atoms with Crippen LogP contribution in [-0.4, -0.2) is 6.16 Å². The number of ether oxygens (including phenoxy) is 2. The number of rotatable bonds is 8. The second-order valence-electron chi connectivity index (χ2n) is 5.98. The molecule has 2 rings (SSSR count). The van der Waals surface area contributed by atoms with Gasteiger partial charge in [0.25, 0.3) is 0 Å². The molecule has 0 N–H and O–H groups in total. The van der Waals surface area contributed by atoms with E-state index in [0.717, 1.165) is 24.0 Å². The Morgan fingerprint density at radius 1 is 0.960 bits per heavy atom. The summed E-state index contributed by atoms with van der Waals surface area (Å²) in [4.78, 5) is 12.2. The maximum absolute atomic E-state index is 12.2. The Morgan fingerprint density at radius 2 is 1.52 bits per heavy atom. The summed E-state index contributed by atoms with van der Waals surface area (Å²) in [5, 5.41) is 0. The minimum Gasteiger partial charge on any atom is -0.421 e. The van der Waals surface area contributed by atoms with Crippen molar-refractivity contribution in [2.45, 2.75) is 45.6 Å². The summed E-state index contributed by atoms with van der Waals surface area (Å²) < 4.78 is 10.9. The Morgan fingerprint density at radius 3 is 2.04 bits per heavy atom. The third kappa shape index (κ3) is 6.46. The van der Waals surface area contributed by atoms with Crippen LogP contribution < -0.4 is 0 Å². The topological polar surface area (TPSA) is 35.5 Å². The van der Waals surface area contributed by atoms with Crippen LogP contribution in [0, 0.1) is 0 Å². The van der Waals surface area contributed by atoms with Gasteiger partial charge in [0.05, 0.1) is 0 Å². The summed E-state index contributed by atoms with van der Waals surface area (Å²) >= 11 is 0. The molecular formula is C22H26O3. The highest BCUT2D eigenvalue weighted by Gasteiger charge is 2.20. The highest BCUT2D eigenvalue weighted by Crippen LogP contribution is 2.26. The molecule has 0 fully saturated rings. The smallest absolute Gasteiger partial charge is 0.421 e. The van der Waals surface area contributed by atoms with Crippen molar-refractivity contribution in [3.8, 4) is 0 Å². The van der Waals surface area contributed by atoms with Crippen molar-refractivity contribution >= 4 is 6.16 Å². The lowest BCUT2D eigenvalue weighted by molar-refractivity contribution is 0.0538. The van der Waals surface area contributed by atoms with E-state index in [1.165, 1.54) is 12.8 Å². The van der Waals surface area contributed by atoms with E-state index in [1.807, 2.05) is 66.7 Å². The van der Waals surface area contributed by atoms with E-state index in [9.17, 15) is 4.79 Å². The van der Waals surface area contributed by atoms with Crippen molar-refractivity contribution in [3.63, 3.8) is 0 Å². The minimum atomic E-state index is -0.679. The fourth-order valence-corrected chi connectivity index (χ4v) is 2.58. The Labute approximate surface area is 150 Å². The molecule has 0 radical (unpaired) electrons. The normalized spacial score (nSPS) is 11.4. The number of carbonyl (C=O) groups is 1. The second-order valence-corrected chi connectivity index (χ2v) is 5.98. The minimum absolute atomic E-state index is 0.484. The van der Waals surface area contributed by atoms with Gasteiger partial charge in [-0.05, 0) is 37.0 Å². The monoisotopic (exact) mass is 338 g/mol. The SMILES string of the molecule is CCCCCC=C(C)OC(=O)OC(c1ccccc1)c1ccccc1. The van der Waals surface area contributed by atoms with Crippen LogP contribution in [0.3, 0.4) is 0 Å². The van der Waals surface area contributed by atoms with Crippen molar-refractivity contribution in [3.05, 3.63) is 83.6 Å². The molecule has 2 aromatic carbocycles. The molecule has 0 unspecified atom stereocenters. The molecule has 0 aliphatic heterocycles. The number of hydrogen-bond acceptors (Lipinski definition) is 3. The molecule has 0 spiro atoms. The number of benzene rings is 2. The zero-order chi connectivity index (χ0) is 17.9. The van der Waals surface area contributed by atoms with Crippen LogP contribution in [0.1, 0.15) is 56.8 Å². The summed E-state index contributed by atoms with van der Waals surface area (Å²) in [7, 11) is 0. The van der Waals surface area contributed by atoms with E-state index in [4.69, 9.17) is 9.47 Å². The highest BCUT2D eigenvalue weighted by molar-refractivity contribution is 5.62. The molecular weight excluding hydrogens is 312 g/mol. The molecule has 2 aromatic rings. The predicted molar refractivity (Wildman–Crippen MR) is 100 cm³/mol. The molecule has 0 amide bonds. The van der Waals surface area contributed by atoms with Crippen LogP contribution in [0.4, 0.5) is 4.79 Å². The third-order valence-electron chi connectivity index (χ3n) is 3.90. The van der Waals surface area contributed by atoms with Gasteiger partial charge < -0.3 is 9.47 Å². The summed E-state index contributed by atoms with van der Waals surface area (Å²) in [6.07, 6.45) is 5.14. The highest BCUT2D eigenvalue weighted by atomic mass is 16.7. The lowest BCUT2D eigenvalue weighted by atomic mass is 10.0. The van der Waals surface area contributed by atoms with Gasteiger partial charge in [-0.15, -0.1) is 0 Å². The zero-order valence-corrected chi connectivity index (χ0v) is 15.0. The Kier molecular flexibility index (Phi) is 7.77. The molecule has 0 bridgehead atoms. The van der Waals surface area contributed by atoms with Gasteiger partial charge in [-0.1, -0.05) is 80.4 Å². The van der Waals surface area contributed by atoms with Gasteiger partial charge in [-0.2, -0.15) is 0 Å². The predicted octanol–water partition coefficient (Wildman–Crippen LogP) is 6.41. The number of hydrogen-bond donors (Lipinski definition) is 0. The van der Waals surface area contributed by atoms with Gasteiger partial charge in [0, 0.05) is 0 Å². The lowest BCUT2D eigenvalue weighted by Gasteiger charge is -2.18. The van der Waals surface area contributed by atoms with Crippen LogP contribution in [0.25, 0.3) is 0 Å². The molecule has 3 heteroatoms. The Hall–Kier alpha value is -2.55. The molecule has 3 nitrogen and oxygen atoms in total. The molecule has 0 saturated carbocycles. The molecule has 0 saturated heterocycles. The van der Waals surface area contributed by atoms with Crippen molar-refractivity contribution in [1.29, 1.82) is 0 Å². The van der Waals surface area contributed by atoms with Gasteiger partial charge in [0.2, 0.25) is 0 Å². The van der Waals surface area contributed by atoms with Crippen LogP contribution in [0.5, 0.6) is 0 Å². The first-order valence-corrected chi connectivity index (χ1v) is 8.85. The van der Waals surface area contributed by atoms with E-state index in [-0.39, 0.29) is 0 Å². The molecule has 0 aromatic heterocycles. The van der Waals surface area contributed by atoms with Crippen molar-refractivity contribution in [2.24, 2.45) is 0 Å². The second kappa shape index (κ2) is 10.3. The van der Waals surface area contributed by atoms with Gasteiger partial charge in [-0.25, -0.2) is 4.79 Å². The molecule has 25 heavy (non-hydrogen) atoms. The summed E-state index contributed by atoms with van der Waals surface area (Å²) in [6.45, 7) is 3.95. The number of unbranched alkanes of at least 4 members (excludes halogenated alkanes) is 3. The van der Waals surface area contributed by atoms with Crippen LogP contribution in [0.15, 0.2) is 72.5 Å². The first kappa shape index (κ1) is 18.8. The summed E-state index contributed by atoms with van der Waals surface area (Å²) in [6, 6.07) is 19.4. The average molecular weight is 338 g/mol. The van der Waals surface area contributed by atoms with Gasteiger partial charge in [0.1, 0.15) is 5.76 Å². The standard InChI is InChI=1S/C22H26O3/c1-3-4-5-8-13-18(2)24-22(23)25-21(19-14-9-6-10-15-19)20-16-11-7-12-17-20/h6-7,9-17,21H,3-5,8H2,1-2H3. The zero-order valence-electron chi connectivity index (χ0n) is 15.0. The maximum atomic E-state index is 12.2. The van der Waals surface area contributed by atoms with E-state index in [1.54, 1.807) is 6.92 Å². The Balaban J connectivity index is 2.03. The van der Waals surface area contributed by atoms with Gasteiger partial charge in [-0.3, -0.25) is 0 Å². The quantitative estimate of drug-likeness (QED) is 0.317. The third-order valence-corrected chi connectivity index (χ3v) is 3.90. The van der Waals surface area contributed by atoms with Crippen molar-refractivity contribution < 1.29 is 14.3 Å². The largest absolute Gasteiger partial charge is 0.514 e. The van der Waals surface area contributed by atoms with Gasteiger partial charge >= 0.3 is 6.16 Å². The van der Waals surface area contributed by atoms with E-state index >= 15 is 0 Å². The fraction of sp³-hybridized carbons (Fsp3) is 0.318. The van der Waals surface area contributed by atoms with Crippen molar-refractivity contribution in [2.75, 3.05) is 0 Å². The molecule has 0 aliphatic rings. The fourth-order valence-electron chi connectivity index (χ4n) is 2.58. The van der Waals surface area contributed by atoms with E-state index < -0.39 is 12.3 Å². The van der Waals surface area contributed by atoms with Crippen molar-refractivity contribution in [1.82, 2.24) is 0 Å². The lowest BCUT2D eigenvalue weighted by Crippen LogP contribution is -2.13. The molecule has 132 valence electrons. The van der Waals surface area contributed by atoms with E-state index in [2.05, 4.69) is 6.92 Å². The summed E-state index contributed by atoms with van der Waals surface area (Å²) in [5.41, 5.74) is 1.82. The van der Waals surface area contributed by atoms with Crippen LogP contribution in [-0.2, 0) is 9.47 Å². The Bertz CT molecular complexity index is 623. The van der Waals surface area contributed by atoms with Gasteiger partial charge in [0.15, 0.2) is 6.10 Å². The first-order valence-electron chi connectivity index (χ1n) is 8.85. The molecule has 0 aliphatic carbocycles. The molecule has 0 atom stereocenters. The maximum Gasteiger partial charge on any atom is 0.514 e. The molecule has 0 heterocycles. The van der Waals surface area contributed by atoms with E-state index in [0.29, 0.717) is 5.76 Å². The number of allylic oxidation sites excluding steroid dienone is 2.